The molecule has 1 amide bonds. The number of halogens is 2. The second kappa shape index (κ2) is 7.96. The van der Waals surface area contributed by atoms with Gasteiger partial charge in [0.25, 0.3) is 5.91 Å². The molecule has 0 aromatic heterocycles. The number of benzene rings is 2. The Morgan fingerprint density at radius 3 is 2.73 bits per heavy atom. The standard InChI is InChI=1S/C16H15BrClN3O/c1-11-14(18)3-2-4-15(11)19-10-16(22)21-20-9-12-5-7-13(17)8-6-12/h2-9,19H,10H2,1H3,(H,21,22). The molecule has 6 heteroatoms. The number of carbonyl (C=O) groups excluding carboxylic acids is 1. The van der Waals surface area contributed by atoms with E-state index in [2.05, 4.69) is 31.8 Å². The number of hydrogen-bond donors (Lipinski definition) is 2. The van der Waals surface area contributed by atoms with Gasteiger partial charge in [-0.3, -0.25) is 4.79 Å². The van der Waals surface area contributed by atoms with Crippen LogP contribution in [0.4, 0.5) is 5.69 Å². The van der Waals surface area contributed by atoms with Crippen LogP contribution in [-0.2, 0) is 4.79 Å². The van der Waals surface area contributed by atoms with Crippen molar-refractivity contribution in [3.8, 4) is 0 Å². The molecule has 0 bridgehead atoms. The molecule has 2 aromatic rings. The molecule has 0 unspecified atom stereocenters. The Balaban J connectivity index is 1.83. The van der Waals surface area contributed by atoms with Gasteiger partial charge in [0.2, 0.25) is 0 Å². The third-order valence-corrected chi connectivity index (χ3v) is 3.92. The summed E-state index contributed by atoms with van der Waals surface area (Å²) >= 11 is 9.38. The first kappa shape index (κ1) is 16.5. The minimum atomic E-state index is -0.229. The molecule has 0 aliphatic carbocycles. The van der Waals surface area contributed by atoms with Gasteiger partial charge in [-0.25, -0.2) is 5.43 Å². The SMILES string of the molecule is Cc1c(Cl)cccc1NCC(=O)NN=Cc1ccc(Br)cc1. The van der Waals surface area contributed by atoms with Crippen LogP contribution < -0.4 is 10.7 Å². The summed E-state index contributed by atoms with van der Waals surface area (Å²) in [6, 6.07) is 13.1. The topological polar surface area (TPSA) is 53.5 Å². The lowest BCUT2D eigenvalue weighted by Crippen LogP contribution is -2.26. The van der Waals surface area contributed by atoms with Gasteiger partial charge in [-0.05, 0) is 42.3 Å². The zero-order valence-electron chi connectivity index (χ0n) is 11.9. The summed E-state index contributed by atoms with van der Waals surface area (Å²) in [4.78, 5) is 11.7. The predicted octanol–water partition coefficient (Wildman–Crippen LogP) is 3.97. The smallest absolute Gasteiger partial charge is 0.259 e. The molecule has 114 valence electrons. The number of nitrogens with one attached hydrogen (secondary N) is 2. The van der Waals surface area contributed by atoms with E-state index in [1.54, 1.807) is 6.21 Å². The van der Waals surface area contributed by atoms with E-state index in [9.17, 15) is 4.79 Å². The van der Waals surface area contributed by atoms with Crippen molar-refractivity contribution in [2.75, 3.05) is 11.9 Å². The zero-order chi connectivity index (χ0) is 15.9. The summed E-state index contributed by atoms with van der Waals surface area (Å²) in [5.74, 6) is -0.229. The predicted molar refractivity (Wildman–Crippen MR) is 94.6 cm³/mol. The van der Waals surface area contributed by atoms with Crippen LogP contribution in [-0.4, -0.2) is 18.7 Å². The van der Waals surface area contributed by atoms with Crippen LogP contribution in [0.5, 0.6) is 0 Å². The van der Waals surface area contributed by atoms with E-state index in [0.29, 0.717) is 5.02 Å². The number of hydrogen-bond acceptors (Lipinski definition) is 3. The summed E-state index contributed by atoms with van der Waals surface area (Å²) in [5, 5.41) is 7.62. The molecule has 4 nitrogen and oxygen atoms in total. The molecule has 0 saturated heterocycles. The Morgan fingerprint density at radius 2 is 2.00 bits per heavy atom. The average Bonchev–Trinajstić information content (AvgIpc) is 2.51. The number of anilines is 1. The third-order valence-electron chi connectivity index (χ3n) is 2.98. The van der Waals surface area contributed by atoms with Crippen LogP contribution in [0.2, 0.25) is 5.02 Å². The lowest BCUT2D eigenvalue weighted by molar-refractivity contribution is -0.119. The second-order valence-electron chi connectivity index (χ2n) is 4.61. The number of hydrazone groups is 1. The first-order valence-electron chi connectivity index (χ1n) is 6.63. The molecular formula is C16H15BrClN3O. The maximum Gasteiger partial charge on any atom is 0.259 e. The molecule has 0 fully saturated rings. The van der Waals surface area contributed by atoms with Crippen LogP contribution in [0.3, 0.4) is 0 Å². The fourth-order valence-corrected chi connectivity index (χ4v) is 2.18. The minimum Gasteiger partial charge on any atom is -0.376 e. The zero-order valence-corrected chi connectivity index (χ0v) is 14.3. The van der Waals surface area contributed by atoms with Gasteiger partial charge in [0.15, 0.2) is 0 Å². The van der Waals surface area contributed by atoms with E-state index in [4.69, 9.17) is 11.6 Å². The van der Waals surface area contributed by atoms with E-state index in [-0.39, 0.29) is 12.5 Å². The van der Waals surface area contributed by atoms with Crippen LogP contribution in [0.25, 0.3) is 0 Å². The number of amides is 1. The largest absolute Gasteiger partial charge is 0.376 e. The van der Waals surface area contributed by atoms with Gasteiger partial charge in [0, 0.05) is 15.2 Å². The van der Waals surface area contributed by atoms with E-state index in [1.165, 1.54) is 0 Å². The van der Waals surface area contributed by atoms with Gasteiger partial charge >= 0.3 is 0 Å². The van der Waals surface area contributed by atoms with Gasteiger partial charge in [0.1, 0.15) is 0 Å². The van der Waals surface area contributed by atoms with Gasteiger partial charge < -0.3 is 5.32 Å². The lowest BCUT2D eigenvalue weighted by Gasteiger charge is -2.09. The highest BCUT2D eigenvalue weighted by Gasteiger charge is 2.04. The van der Waals surface area contributed by atoms with Crippen LogP contribution in [0, 0.1) is 6.92 Å². The molecule has 0 aliphatic heterocycles. The molecule has 0 radical (unpaired) electrons. The Morgan fingerprint density at radius 1 is 1.27 bits per heavy atom. The van der Waals surface area contributed by atoms with Crippen molar-refractivity contribution in [3.63, 3.8) is 0 Å². The maximum atomic E-state index is 11.7. The molecule has 0 saturated carbocycles. The van der Waals surface area contributed by atoms with Crippen molar-refractivity contribution in [2.24, 2.45) is 5.10 Å². The molecular weight excluding hydrogens is 366 g/mol. The fourth-order valence-electron chi connectivity index (χ4n) is 1.74. The van der Waals surface area contributed by atoms with Crippen LogP contribution in [0.15, 0.2) is 52.0 Å². The molecule has 0 atom stereocenters. The van der Waals surface area contributed by atoms with E-state index >= 15 is 0 Å². The normalized spacial score (nSPS) is 10.7. The summed E-state index contributed by atoms with van der Waals surface area (Å²) in [6.45, 7) is 2.02. The average molecular weight is 381 g/mol. The highest BCUT2D eigenvalue weighted by atomic mass is 79.9. The molecule has 0 aliphatic rings. The maximum absolute atomic E-state index is 11.7. The van der Waals surface area contributed by atoms with Gasteiger partial charge in [-0.1, -0.05) is 45.7 Å². The number of rotatable bonds is 5. The highest BCUT2D eigenvalue weighted by molar-refractivity contribution is 9.10. The minimum absolute atomic E-state index is 0.124. The quantitative estimate of drug-likeness (QED) is 0.609. The van der Waals surface area contributed by atoms with Crippen molar-refractivity contribution in [1.29, 1.82) is 0 Å². The monoisotopic (exact) mass is 379 g/mol. The van der Waals surface area contributed by atoms with Crippen molar-refractivity contribution < 1.29 is 4.79 Å². The Kier molecular flexibility index (Phi) is 5.98. The summed E-state index contributed by atoms with van der Waals surface area (Å²) in [5.41, 5.74) is 5.12. The first-order valence-corrected chi connectivity index (χ1v) is 7.80. The van der Waals surface area contributed by atoms with Gasteiger partial charge in [-0.2, -0.15) is 5.10 Å². The fraction of sp³-hybridized carbons (Fsp3) is 0.125. The number of nitrogens with zero attached hydrogens (tertiary/aromatic N) is 1. The van der Waals surface area contributed by atoms with Crippen LogP contribution in [0.1, 0.15) is 11.1 Å². The van der Waals surface area contributed by atoms with Crippen LogP contribution >= 0.6 is 27.5 Å². The van der Waals surface area contributed by atoms with E-state index in [0.717, 1.165) is 21.3 Å². The van der Waals surface area contributed by atoms with Gasteiger partial charge in [0.05, 0.1) is 12.8 Å². The van der Waals surface area contributed by atoms with Crippen molar-refractivity contribution >= 4 is 45.3 Å². The lowest BCUT2D eigenvalue weighted by atomic mass is 10.2. The van der Waals surface area contributed by atoms with E-state index in [1.807, 2.05) is 49.4 Å². The third kappa shape index (κ3) is 4.86. The molecule has 2 rings (SSSR count). The Hall–Kier alpha value is -1.85. The summed E-state index contributed by atoms with van der Waals surface area (Å²) in [6.07, 6.45) is 1.59. The van der Waals surface area contributed by atoms with Crippen molar-refractivity contribution in [1.82, 2.24) is 5.43 Å². The molecule has 22 heavy (non-hydrogen) atoms. The van der Waals surface area contributed by atoms with Crippen molar-refractivity contribution in [3.05, 3.63) is 63.1 Å². The Bertz CT molecular complexity index is 686. The molecule has 2 aromatic carbocycles. The summed E-state index contributed by atoms with van der Waals surface area (Å²) in [7, 11) is 0. The molecule has 0 heterocycles. The number of carbonyl (C=O) groups is 1. The van der Waals surface area contributed by atoms with Gasteiger partial charge in [-0.15, -0.1) is 0 Å². The Labute approximate surface area is 142 Å². The van der Waals surface area contributed by atoms with E-state index < -0.39 is 0 Å². The molecule has 2 N–H and O–H groups in total. The molecule has 0 spiro atoms. The summed E-state index contributed by atoms with van der Waals surface area (Å²) < 4.78 is 0.995. The van der Waals surface area contributed by atoms with Crippen molar-refractivity contribution in [2.45, 2.75) is 6.92 Å². The highest BCUT2D eigenvalue weighted by Crippen LogP contribution is 2.22. The first-order chi connectivity index (χ1) is 10.6. The second-order valence-corrected chi connectivity index (χ2v) is 5.93.